The summed E-state index contributed by atoms with van der Waals surface area (Å²) < 4.78 is 0. The van der Waals surface area contributed by atoms with Crippen LogP contribution in [0.1, 0.15) is 17.0 Å². The molecule has 0 aromatic carbocycles. The Balaban J connectivity index is 3.25. The maximum atomic E-state index is 4.38. The molecule has 0 atom stereocenters. The van der Waals surface area contributed by atoms with E-state index in [1.54, 1.807) is 11.8 Å². The summed E-state index contributed by atoms with van der Waals surface area (Å²) in [6.45, 7) is 6.23. The highest BCUT2D eigenvalue weighted by Crippen LogP contribution is 2.22. The minimum atomic E-state index is 1.11. The Hall–Kier alpha value is -0.500. The van der Waals surface area contributed by atoms with Gasteiger partial charge in [0.15, 0.2) is 0 Å². The predicted octanol–water partition coefficient (Wildman–Crippen LogP) is 2.73. The summed E-state index contributed by atoms with van der Waals surface area (Å²) in [6, 6.07) is 2.12. The van der Waals surface area contributed by atoms with Crippen LogP contribution in [-0.4, -0.2) is 11.2 Å². The van der Waals surface area contributed by atoms with Crippen LogP contribution in [0.5, 0.6) is 0 Å². The average Bonchev–Trinajstić information content (AvgIpc) is 1.85. The second-order valence-electron chi connectivity index (χ2n) is 2.70. The molecule has 0 saturated carbocycles. The van der Waals surface area contributed by atoms with E-state index in [1.807, 2.05) is 6.92 Å². The van der Waals surface area contributed by atoms with Crippen LogP contribution in [0.25, 0.3) is 0 Å². The van der Waals surface area contributed by atoms with Gasteiger partial charge in [-0.05, 0) is 38.7 Å². The van der Waals surface area contributed by atoms with Gasteiger partial charge in [0.05, 0.1) is 5.69 Å². The quantitative estimate of drug-likeness (QED) is 0.596. The van der Waals surface area contributed by atoms with Gasteiger partial charge in [-0.1, -0.05) is 0 Å². The molecule has 0 aliphatic heterocycles. The number of hydrogen-bond donors (Lipinski definition) is 0. The van der Waals surface area contributed by atoms with Crippen molar-refractivity contribution in [2.24, 2.45) is 0 Å². The van der Waals surface area contributed by atoms with Crippen LogP contribution in [0.2, 0.25) is 0 Å². The van der Waals surface area contributed by atoms with E-state index in [9.17, 15) is 0 Å². The third kappa shape index (κ3) is 1.74. The lowest BCUT2D eigenvalue weighted by molar-refractivity contribution is 1.03. The first-order valence-electron chi connectivity index (χ1n) is 3.64. The molecule has 0 spiro atoms. The van der Waals surface area contributed by atoms with Crippen LogP contribution >= 0.6 is 11.8 Å². The molecule has 1 nitrogen and oxygen atoms in total. The summed E-state index contributed by atoms with van der Waals surface area (Å²) in [7, 11) is 0. The smallest absolute Gasteiger partial charge is 0.0514 e. The minimum absolute atomic E-state index is 1.11. The molecule has 0 N–H and O–H groups in total. The van der Waals surface area contributed by atoms with Crippen LogP contribution in [0.3, 0.4) is 0 Å². The Morgan fingerprint density at radius 3 is 2.36 bits per heavy atom. The second-order valence-corrected chi connectivity index (χ2v) is 3.52. The lowest BCUT2D eigenvalue weighted by Gasteiger charge is -2.06. The number of thioether (sulfide) groups is 1. The minimum Gasteiger partial charge on any atom is -0.257 e. The predicted molar refractivity (Wildman–Crippen MR) is 50.2 cm³/mol. The van der Waals surface area contributed by atoms with Crippen LogP contribution in [-0.2, 0) is 0 Å². The maximum Gasteiger partial charge on any atom is 0.0514 e. The zero-order valence-corrected chi connectivity index (χ0v) is 8.25. The molecule has 0 aliphatic rings. The zero-order valence-electron chi connectivity index (χ0n) is 7.43. The van der Waals surface area contributed by atoms with E-state index in [0.717, 1.165) is 11.4 Å². The van der Waals surface area contributed by atoms with E-state index in [0.29, 0.717) is 0 Å². The van der Waals surface area contributed by atoms with Crippen molar-refractivity contribution in [2.45, 2.75) is 25.7 Å². The van der Waals surface area contributed by atoms with Gasteiger partial charge in [0.25, 0.3) is 0 Å². The van der Waals surface area contributed by atoms with Crippen LogP contribution in [0.15, 0.2) is 11.0 Å². The molecule has 0 amide bonds. The van der Waals surface area contributed by atoms with Crippen molar-refractivity contribution in [3.8, 4) is 0 Å². The topological polar surface area (TPSA) is 12.9 Å². The van der Waals surface area contributed by atoms with Gasteiger partial charge in [-0.3, -0.25) is 4.98 Å². The van der Waals surface area contributed by atoms with E-state index in [2.05, 4.69) is 31.2 Å². The highest BCUT2D eigenvalue weighted by Gasteiger charge is 2.01. The Kier molecular flexibility index (Phi) is 2.55. The van der Waals surface area contributed by atoms with Crippen molar-refractivity contribution < 1.29 is 0 Å². The van der Waals surface area contributed by atoms with Crippen molar-refractivity contribution in [1.82, 2.24) is 4.98 Å². The van der Waals surface area contributed by atoms with Gasteiger partial charge >= 0.3 is 0 Å². The van der Waals surface area contributed by atoms with Gasteiger partial charge < -0.3 is 0 Å². The molecule has 0 bridgehead atoms. The highest BCUT2D eigenvalue weighted by molar-refractivity contribution is 7.98. The van der Waals surface area contributed by atoms with E-state index >= 15 is 0 Å². The molecule has 60 valence electrons. The van der Waals surface area contributed by atoms with Crippen molar-refractivity contribution in [2.75, 3.05) is 6.26 Å². The first-order valence-corrected chi connectivity index (χ1v) is 4.86. The van der Waals surface area contributed by atoms with E-state index in [4.69, 9.17) is 0 Å². The average molecular weight is 167 g/mol. The summed E-state index contributed by atoms with van der Waals surface area (Å²) >= 11 is 1.77. The van der Waals surface area contributed by atoms with Gasteiger partial charge in [-0.15, -0.1) is 11.8 Å². The summed E-state index contributed by atoms with van der Waals surface area (Å²) in [5, 5.41) is 0. The Bertz CT molecular complexity index is 245. The van der Waals surface area contributed by atoms with Crippen molar-refractivity contribution >= 4 is 11.8 Å². The fourth-order valence-corrected chi connectivity index (χ4v) is 2.04. The summed E-state index contributed by atoms with van der Waals surface area (Å²) in [5.41, 5.74) is 3.59. The molecule has 1 rings (SSSR count). The third-order valence-electron chi connectivity index (χ3n) is 1.66. The molecule has 0 saturated heterocycles. The molecule has 1 aromatic heterocycles. The van der Waals surface area contributed by atoms with Crippen LogP contribution in [0.4, 0.5) is 0 Å². The SMILES string of the molecule is CSc1c(C)cc(C)nc1C. The Morgan fingerprint density at radius 1 is 1.27 bits per heavy atom. The lowest BCUT2D eigenvalue weighted by Crippen LogP contribution is -1.91. The number of rotatable bonds is 1. The molecule has 0 radical (unpaired) electrons. The molecule has 0 fully saturated rings. The summed E-state index contributed by atoms with van der Waals surface area (Å²) in [5.74, 6) is 0. The van der Waals surface area contributed by atoms with E-state index in [1.165, 1.54) is 10.5 Å². The van der Waals surface area contributed by atoms with Crippen molar-refractivity contribution in [3.63, 3.8) is 0 Å². The molecule has 0 aliphatic carbocycles. The number of aromatic nitrogens is 1. The standard InChI is InChI=1S/C9H13NS/c1-6-5-7(2)10-8(3)9(6)11-4/h5H,1-4H3. The zero-order chi connectivity index (χ0) is 8.43. The van der Waals surface area contributed by atoms with E-state index < -0.39 is 0 Å². The Morgan fingerprint density at radius 2 is 1.91 bits per heavy atom. The number of aryl methyl sites for hydroxylation is 3. The molecule has 1 heterocycles. The number of pyridine rings is 1. The molecule has 11 heavy (non-hydrogen) atoms. The Labute approximate surface area is 72.2 Å². The fourth-order valence-electron chi connectivity index (χ4n) is 1.32. The fraction of sp³-hybridized carbons (Fsp3) is 0.444. The molecule has 1 aromatic rings. The highest BCUT2D eigenvalue weighted by atomic mass is 32.2. The third-order valence-corrected chi connectivity index (χ3v) is 2.69. The van der Waals surface area contributed by atoms with Gasteiger partial charge in [-0.2, -0.15) is 0 Å². The normalized spacial score (nSPS) is 10.2. The van der Waals surface area contributed by atoms with Gasteiger partial charge in [0, 0.05) is 10.6 Å². The molecule has 2 heteroatoms. The van der Waals surface area contributed by atoms with Crippen molar-refractivity contribution in [1.29, 1.82) is 0 Å². The monoisotopic (exact) mass is 167 g/mol. The largest absolute Gasteiger partial charge is 0.257 e. The van der Waals surface area contributed by atoms with Crippen LogP contribution in [0, 0.1) is 20.8 Å². The summed E-state index contributed by atoms with van der Waals surface area (Å²) in [6.07, 6.45) is 2.09. The van der Waals surface area contributed by atoms with Gasteiger partial charge in [-0.25, -0.2) is 0 Å². The number of hydrogen-bond acceptors (Lipinski definition) is 2. The van der Waals surface area contributed by atoms with Crippen molar-refractivity contribution in [3.05, 3.63) is 23.0 Å². The molecule has 0 unspecified atom stereocenters. The molecular weight excluding hydrogens is 154 g/mol. The van der Waals surface area contributed by atoms with Gasteiger partial charge in [0.1, 0.15) is 0 Å². The summed E-state index contributed by atoms with van der Waals surface area (Å²) in [4.78, 5) is 5.70. The maximum absolute atomic E-state index is 4.38. The second kappa shape index (κ2) is 3.26. The molecular formula is C9H13NS. The first kappa shape index (κ1) is 8.60. The number of nitrogens with zero attached hydrogens (tertiary/aromatic N) is 1. The van der Waals surface area contributed by atoms with Gasteiger partial charge in [0.2, 0.25) is 0 Å². The van der Waals surface area contributed by atoms with Crippen LogP contribution < -0.4 is 0 Å². The lowest BCUT2D eigenvalue weighted by atomic mass is 10.2. The van der Waals surface area contributed by atoms with E-state index in [-0.39, 0.29) is 0 Å². The first-order chi connectivity index (χ1) is 5.15.